The van der Waals surface area contributed by atoms with Gasteiger partial charge in [-0.05, 0) is 11.6 Å². The summed E-state index contributed by atoms with van der Waals surface area (Å²) < 4.78 is 9.36. The fourth-order valence-corrected chi connectivity index (χ4v) is 2.01. The van der Waals surface area contributed by atoms with E-state index in [-0.39, 0.29) is 20.1 Å². The minimum absolute atomic E-state index is 0. The van der Waals surface area contributed by atoms with Gasteiger partial charge in [-0.1, -0.05) is 6.20 Å². The summed E-state index contributed by atoms with van der Waals surface area (Å²) in [4.78, 5) is 4.30. The van der Waals surface area contributed by atoms with Gasteiger partial charge in [0.1, 0.15) is 11.4 Å². The third kappa shape index (κ3) is 0.991. The molecule has 4 aromatic rings. The predicted molar refractivity (Wildman–Crippen MR) is 54.8 cm³/mol. The van der Waals surface area contributed by atoms with E-state index < -0.39 is 0 Å². The van der Waals surface area contributed by atoms with Gasteiger partial charge in [0, 0.05) is 32.5 Å². The summed E-state index contributed by atoms with van der Waals surface area (Å²) in [6, 6.07) is 5.78. The number of imidazole rings is 1. The first kappa shape index (κ1) is 9.63. The molecule has 0 aliphatic heterocycles. The van der Waals surface area contributed by atoms with Crippen molar-refractivity contribution in [3.8, 4) is 0 Å². The van der Waals surface area contributed by atoms with Gasteiger partial charge in [-0.2, -0.15) is 0 Å². The van der Waals surface area contributed by atoms with Crippen LogP contribution in [0.1, 0.15) is 0 Å². The van der Waals surface area contributed by atoms with E-state index in [0.717, 1.165) is 22.4 Å². The maximum atomic E-state index is 5.48. The first-order valence-corrected chi connectivity index (χ1v) is 4.66. The average Bonchev–Trinajstić information content (AvgIpc) is 2.97. The number of rotatable bonds is 0. The van der Waals surface area contributed by atoms with Gasteiger partial charge >= 0.3 is 0 Å². The molecule has 0 fully saturated rings. The van der Waals surface area contributed by atoms with Crippen molar-refractivity contribution in [2.24, 2.45) is 0 Å². The van der Waals surface area contributed by atoms with E-state index >= 15 is 0 Å². The molecule has 0 aromatic carbocycles. The van der Waals surface area contributed by atoms with Crippen molar-refractivity contribution in [3.63, 3.8) is 0 Å². The molecule has 0 amide bonds. The Morgan fingerprint density at radius 2 is 2.19 bits per heavy atom. The Hall–Kier alpha value is -1.58. The van der Waals surface area contributed by atoms with E-state index in [2.05, 4.69) is 11.2 Å². The normalized spacial score (nSPS) is 11.2. The molecule has 4 heterocycles. The van der Waals surface area contributed by atoms with Crippen molar-refractivity contribution >= 4 is 22.4 Å². The van der Waals surface area contributed by atoms with Gasteiger partial charge in [0.25, 0.3) is 0 Å². The molecule has 0 saturated carbocycles. The van der Waals surface area contributed by atoms with E-state index in [0.29, 0.717) is 0 Å². The minimum atomic E-state index is 0. The molecule has 81 valence electrons. The van der Waals surface area contributed by atoms with Crippen molar-refractivity contribution in [3.05, 3.63) is 43.1 Å². The standard InChI is InChI=1S/C11H6N3O.Ir/c1-2-8-10-9(3-7-15-10)14-6-4-12-11(14)13(8)5-1;/h1-4,6-7H;/q-1;. The van der Waals surface area contributed by atoms with E-state index in [9.17, 15) is 0 Å². The number of aromatic nitrogens is 3. The van der Waals surface area contributed by atoms with Crippen LogP contribution in [-0.2, 0) is 20.1 Å². The summed E-state index contributed by atoms with van der Waals surface area (Å²) >= 11 is 0. The van der Waals surface area contributed by atoms with Gasteiger partial charge < -0.3 is 13.2 Å². The largest absolute Gasteiger partial charge is 0.471 e. The summed E-state index contributed by atoms with van der Waals surface area (Å²) in [5.41, 5.74) is 2.89. The fraction of sp³-hybridized carbons (Fsp3) is 0. The van der Waals surface area contributed by atoms with Crippen LogP contribution < -0.4 is 0 Å². The maximum absolute atomic E-state index is 5.48. The second-order valence-electron chi connectivity index (χ2n) is 3.42. The van der Waals surface area contributed by atoms with Crippen molar-refractivity contribution in [1.29, 1.82) is 0 Å². The van der Waals surface area contributed by atoms with Gasteiger partial charge in [-0.15, -0.1) is 12.1 Å². The summed E-state index contributed by atoms with van der Waals surface area (Å²) in [5, 5.41) is 0. The molecule has 0 spiro atoms. The Morgan fingerprint density at radius 3 is 3.12 bits per heavy atom. The molecule has 4 rings (SSSR count). The Labute approximate surface area is 104 Å². The molecule has 16 heavy (non-hydrogen) atoms. The Kier molecular flexibility index (Phi) is 1.93. The van der Waals surface area contributed by atoms with Crippen LogP contribution in [0, 0.1) is 6.20 Å². The van der Waals surface area contributed by atoms with E-state index in [1.807, 2.05) is 33.2 Å². The maximum Gasteiger partial charge on any atom is 0.134 e. The Bertz CT molecular complexity index is 585. The second kappa shape index (κ2) is 3.20. The topological polar surface area (TPSA) is 34.9 Å². The van der Waals surface area contributed by atoms with Gasteiger partial charge in [-0.25, -0.2) is 0 Å². The van der Waals surface area contributed by atoms with Gasteiger partial charge in [0.2, 0.25) is 0 Å². The van der Waals surface area contributed by atoms with Crippen molar-refractivity contribution in [2.45, 2.75) is 0 Å². The molecular weight excluding hydrogens is 382 g/mol. The first-order valence-electron chi connectivity index (χ1n) is 4.66. The minimum Gasteiger partial charge on any atom is -0.471 e. The van der Waals surface area contributed by atoms with Gasteiger partial charge in [0.15, 0.2) is 0 Å². The Balaban J connectivity index is 0.000000810. The molecule has 5 heteroatoms. The quantitative estimate of drug-likeness (QED) is 0.433. The van der Waals surface area contributed by atoms with Crippen LogP contribution in [0.2, 0.25) is 0 Å². The monoisotopic (exact) mass is 389 g/mol. The van der Waals surface area contributed by atoms with Crippen LogP contribution >= 0.6 is 0 Å². The predicted octanol–water partition coefficient (Wildman–Crippen LogP) is 2.13. The SMILES string of the molecule is [Ir].[c-]1ccc2c3occc3n3ccnc3n12. The number of fused-ring (bicyclic) bond motifs is 6. The smallest absolute Gasteiger partial charge is 0.134 e. The molecule has 0 aliphatic carbocycles. The van der Waals surface area contributed by atoms with Crippen LogP contribution in [0.5, 0.6) is 0 Å². The van der Waals surface area contributed by atoms with Crippen LogP contribution in [0.15, 0.2) is 41.3 Å². The number of furan rings is 1. The van der Waals surface area contributed by atoms with Gasteiger partial charge in [0.05, 0.1) is 11.8 Å². The summed E-state index contributed by atoms with van der Waals surface area (Å²) in [6.07, 6.45) is 8.49. The van der Waals surface area contributed by atoms with Crippen LogP contribution in [-0.4, -0.2) is 13.8 Å². The van der Waals surface area contributed by atoms with Crippen molar-refractivity contribution in [1.82, 2.24) is 13.8 Å². The molecule has 0 aliphatic rings. The molecule has 4 nitrogen and oxygen atoms in total. The zero-order valence-corrected chi connectivity index (χ0v) is 10.4. The molecule has 0 unspecified atom stereocenters. The zero-order chi connectivity index (χ0) is 9.83. The molecule has 0 atom stereocenters. The zero-order valence-electron chi connectivity index (χ0n) is 8.05. The van der Waals surface area contributed by atoms with Crippen LogP contribution in [0.25, 0.3) is 22.4 Å². The number of hydrogen-bond donors (Lipinski definition) is 0. The summed E-state index contributed by atoms with van der Waals surface area (Å²) in [7, 11) is 0. The van der Waals surface area contributed by atoms with Crippen LogP contribution in [0.4, 0.5) is 0 Å². The van der Waals surface area contributed by atoms with Crippen LogP contribution in [0.3, 0.4) is 0 Å². The van der Waals surface area contributed by atoms with Crippen molar-refractivity contribution < 1.29 is 24.5 Å². The molecule has 1 radical (unpaired) electrons. The molecule has 0 N–H and O–H groups in total. The van der Waals surface area contributed by atoms with E-state index in [1.165, 1.54) is 0 Å². The summed E-state index contributed by atoms with van der Waals surface area (Å²) in [5.74, 6) is 0.851. The fourth-order valence-electron chi connectivity index (χ4n) is 2.01. The number of hydrogen-bond acceptors (Lipinski definition) is 2. The average molecular weight is 388 g/mol. The van der Waals surface area contributed by atoms with E-state index in [1.54, 1.807) is 12.5 Å². The van der Waals surface area contributed by atoms with E-state index in [4.69, 9.17) is 4.42 Å². The summed E-state index contributed by atoms with van der Waals surface area (Å²) in [6.45, 7) is 0. The van der Waals surface area contributed by atoms with Crippen molar-refractivity contribution in [2.75, 3.05) is 0 Å². The molecular formula is C11H6IrN3O-. The Morgan fingerprint density at radius 1 is 1.25 bits per heavy atom. The van der Waals surface area contributed by atoms with Gasteiger partial charge in [-0.3, -0.25) is 4.98 Å². The number of nitrogens with zero attached hydrogens (tertiary/aromatic N) is 3. The first-order chi connectivity index (χ1) is 7.45. The molecule has 0 saturated heterocycles. The molecule has 4 aromatic heterocycles. The third-order valence-corrected chi connectivity index (χ3v) is 2.64. The molecule has 0 bridgehead atoms. The second-order valence-corrected chi connectivity index (χ2v) is 3.42. The third-order valence-electron chi connectivity index (χ3n) is 2.64.